The van der Waals surface area contributed by atoms with E-state index in [1.54, 1.807) is 12.5 Å². The normalized spacial score (nSPS) is 27.9. The SMILES string of the molecule is c1cncc(COC2COC3(CCN(Cc4cnc[nH]4)C3)C2)c1. The van der Waals surface area contributed by atoms with Gasteiger partial charge in [0, 0.05) is 50.3 Å². The van der Waals surface area contributed by atoms with Gasteiger partial charge in [0.15, 0.2) is 0 Å². The van der Waals surface area contributed by atoms with E-state index in [4.69, 9.17) is 9.47 Å². The van der Waals surface area contributed by atoms with Crippen molar-refractivity contribution in [1.82, 2.24) is 19.9 Å². The maximum absolute atomic E-state index is 6.14. The van der Waals surface area contributed by atoms with E-state index in [9.17, 15) is 0 Å². The number of hydrogen-bond donors (Lipinski definition) is 1. The zero-order chi connectivity index (χ0) is 15.5. The molecule has 0 amide bonds. The Hall–Kier alpha value is -1.76. The molecule has 2 unspecified atom stereocenters. The molecular weight excluding hydrogens is 292 g/mol. The fourth-order valence-corrected chi connectivity index (χ4v) is 3.57. The van der Waals surface area contributed by atoms with Crippen molar-refractivity contribution in [3.63, 3.8) is 0 Å². The molecule has 0 aliphatic carbocycles. The van der Waals surface area contributed by atoms with Crippen molar-refractivity contribution in [2.24, 2.45) is 0 Å². The van der Waals surface area contributed by atoms with Crippen LogP contribution in [0.3, 0.4) is 0 Å². The first kappa shape index (κ1) is 14.8. The number of nitrogens with zero attached hydrogens (tertiary/aromatic N) is 3. The molecule has 0 radical (unpaired) electrons. The standard InChI is InChI=1S/C17H22N4O2/c1-2-14(7-18-4-1)10-22-16-6-17(23-11-16)3-5-21(12-17)9-15-8-19-13-20-15/h1-2,4,7-8,13,16H,3,5-6,9-12H2,(H,19,20). The Bertz CT molecular complexity index is 619. The maximum Gasteiger partial charge on any atom is 0.0922 e. The molecule has 4 heterocycles. The van der Waals surface area contributed by atoms with Crippen LogP contribution in [0, 0.1) is 0 Å². The average Bonchev–Trinajstić information content (AvgIpc) is 3.31. The Kier molecular flexibility index (Phi) is 4.11. The van der Waals surface area contributed by atoms with E-state index >= 15 is 0 Å². The fraction of sp³-hybridized carbons (Fsp3) is 0.529. The first-order chi connectivity index (χ1) is 11.3. The van der Waals surface area contributed by atoms with Crippen LogP contribution in [0.1, 0.15) is 24.1 Å². The molecule has 122 valence electrons. The Balaban J connectivity index is 1.28. The number of likely N-dealkylation sites (tertiary alicyclic amines) is 1. The van der Waals surface area contributed by atoms with Crippen LogP contribution in [0.2, 0.25) is 0 Å². The summed E-state index contributed by atoms with van der Waals surface area (Å²) in [6, 6.07) is 3.98. The van der Waals surface area contributed by atoms with E-state index in [1.165, 1.54) is 0 Å². The van der Waals surface area contributed by atoms with Crippen LogP contribution < -0.4 is 0 Å². The second-order valence-electron chi connectivity index (χ2n) is 6.53. The summed E-state index contributed by atoms with van der Waals surface area (Å²) in [6.07, 6.45) is 9.50. The molecule has 6 nitrogen and oxygen atoms in total. The van der Waals surface area contributed by atoms with E-state index in [0.29, 0.717) is 13.2 Å². The summed E-state index contributed by atoms with van der Waals surface area (Å²) in [5.41, 5.74) is 2.24. The van der Waals surface area contributed by atoms with Crippen molar-refractivity contribution in [2.45, 2.75) is 37.7 Å². The van der Waals surface area contributed by atoms with E-state index in [1.807, 2.05) is 24.5 Å². The number of pyridine rings is 1. The number of ether oxygens (including phenoxy) is 2. The van der Waals surface area contributed by atoms with Crippen LogP contribution in [-0.2, 0) is 22.6 Å². The van der Waals surface area contributed by atoms with Crippen molar-refractivity contribution in [3.05, 3.63) is 48.3 Å². The van der Waals surface area contributed by atoms with Crippen LogP contribution in [0.15, 0.2) is 37.1 Å². The third kappa shape index (κ3) is 3.44. The van der Waals surface area contributed by atoms with Crippen LogP contribution in [0.5, 0.6) is 0 Å². The lowest BCUT2D eigenvalue weighted by molar-refractivity contribution is -0.000495. The predicted molar refractivity (Wildman–Crippen MR) is 84.6 cm³/mol. The van der Waals surface area contributed by atoms with Crippen LogP contribution in [0.4, 0.5) is 0 Å². The molecule has 1 N–H and O–H groups in total. The third-order valence-electron chi connectivity index (χ3n) is 4.73. The Morgan fingerprint density at radius 2 is 2.39 bits per heavy atom. The molecule has 1 spiro atoms. The second kappa shape index (κ2) is 6.39. The molecule has 2 aromatic rings. The van der Waals surface area contributed by atoms with Gasteiger partial charge in [-0.3, -0.25) is 9.88 Å². The first-order valence-electron chi connectivity index (χ1n) is 8.15. The van der Waals surface area contributed by atoms with Gasteiger partial charge < -0.3 is 14.5 Å². The number of H-pyrrole nitrogens is 1. The van der Waals surface area contributed by atoms with Gasteiger partial charge in [0.25, 0.3) is 0 Å². The molecule has 0 saturated carbocycles. The number of hydrogen-bond acceptors (Lipinski definition) is 5. The Morgan fingerprint density at radius 1 is 1.39 bits per heavy atom. The molecule has 2 aliphatic heterocycles. The lowest BCUT2D eigenvalue weighted by Crippen LogP contribution is -2.33. The minimum atomic E-state index is -0.0281. The van der Waals surface area contributed by atoms with Gasteiger partial charge in [-0.25, -0.2) is 4.98 Å². The van der Waals surface area contributed by atoms with Gasteiger partial charge in [-0.1, -0.05) is 6.07 Å². The van der Waals surface area contributed by atoms with Gasteiger partial charge in [0.1, 0.15) is 0 Å². The highest BCUT2D eigenvalue weighted by molar-refractivity contribution is 5.07. The summed E-state index contributed by atoms with van der Waals surface area (Å²) in [6.45, 7) is 4.24. The van der Waals surface area contributed by atoms with Gasteiger partial charge in [0.05, 0.1) is 31.2 Å². The van der Waals surface area contributed by atoms with Crippen LogP contribution in [-0.4, -0.2) is 51.3 Å². The van der Waals surface area contributed by atoms with E-state index in [2.05, 4.69) is 19.9 Å². The molecule has 4 rings (SSSR count). The highest BCUT2D eigenvalue weighted by Crippen LogP contribution is 2.36. The van der Waals surface area contributed by atoms with Gasteiger partial charge >= 0.3 is 0 Å². The highest BCUT2D eigenvalue weighted by atomic mass is 16.6. The maximum atomic E-state index is 6.14. The van der Waals surface area contributed by atoms with Gasteiger partial charge in [-0.2, -0.15) is 0 Å². The number of aromatic amines is 1. The van der Waals surface area contributed by atoms with Crippen LogP contribution >= 0.6 is 0 Å². The molecule has 2 aliphatic rings. The summed E-state index contributed by atoms with van der Waals surface area (Å²) in [5, 5.41) is 0. The minimum absolute atomic E-state index is 0.0281. The summed E-state index contributed by atoms with van der Waals surface area (Å²) in [4.78, 5) is 13.8. The smallest absolute Gasteiger partial charge is 0.0922 e. The fourth-order valence-electron chi connectivity index (χ4n) is 3.57. The summed E-state index contributed by atoms with van der Waals surface area (Å²) >= 11 is 0. The average molecular weight is 314 g/mol. The van der Waals surface area contributed by atoms with Crippen molar-refractivity contribution >= 4 is 0 Å². The number of rotatable bonds is 5. The van der Waals surface area contributed by atoms with Crippen LogP contribution in [0.25, 0.3) is 0 Å². The molecule has 6 heteroatoms. The molecule has 23 heavy (non-hydrogen) atoms. The van der Waals surface area contributed by atoms with E-state index in [-0.39, 0.29) is 11.7 Å². The summed E-state index contributed by atoms with van der Waals surface area (Å²) in [5.74, 6) is 0. The number of nitrogens with one attached hydrogen (secondary N) is 1. The van der Waals surface area contributed by atoms with Crippen molar-refractivity contribution in [2.75, 3.05) is 19.7 Å². The molecule has 2 atom stereocenters. The molecule has 2 saturated heterocycles. The molecule has 0 aromatic carbocycles. The Labute approximate surface area is 135 Å². The molecule has 0 bridgehead atoms. The lowest BCUT2D eigenvalue weighted by Gasteiger charge is -2.23. The van der Waals surface area contributed by atoms with Gasteiger partial charge in [0.2, 0.25) is 0 Å². The highest BCUT2D eigenvalue weighted by Gasteiger charge is 2.45. The first-order valence-corrected chi connectivity index (χ1v) is 8.15. The molecule has 2 fully saturated rings. The van der Waals surface area contributed by atoms with Gasteiger partial charge in [-0.05, 0) is 18.1 Å². The number of aromatic nitrogens is 3. The zero-order valence-electron chi connectivity index (χ0n) is 13.1. The predicted octanol–water partition coefficient (Wildman–Crippen LogP) is 1.75. The van der Waals surface area contributed by atoms with E-state index in [0.717, 1.165) is 43.7 Å². The third-order valence-corrected chi connectivity index (χ3v) is 4.73. The van der Waals surface area contributed by atoms with Crippen molar-refractivity contribution < 1.29 is 9.47 Å². The quantitative estimate of drug-likeness (QED) is 0.911. The van der Waals surface area contributed by atoms with E-state index < -0.39 is 0 Å². The second-order valence-corrected chi connectivity index (χ2v) is 6.53. The lowest BCUT2D eigenvalue weighted by atomic mass is 9.98. The number of imidazole rings is 1. The summed E-state index contributed by atoms with van der Waals surface area (Å²) in [7, 11) is 0. The zero-order valence-corrected chi connectivity index (χ0v) is 13.1. The van der Waals surface area contributed by atoms with Gasteiger partial charge in [-0.15, -0.1) is 0 Å². The largest absolute Gasteiger partial charge is 0.371 e. The minimum Gasteiger partial charge on any atom is -0.371 e. The molecule has 2 aromatic heterocycles. The Morgan fingerprint density at radius 3 is 3.22 bits per heavy atom. The van der Waals surface area contributed by atoms with Crippen molar-refractivity contribution in [1.29, 1.82) is 0 Å². The summed E-state index contributed by atoms with van der Waals surface area (Å²) < 4.78 is 12.2. The monoisotopic (exact) mass is 314 g/mol. The molecular formula is C17H22N4O2. The topological polar surface area (TPSA) is 63.3 Å². The van der Waals surface area contributed by atoms with Crippen molar-refractivity contribution in [3.8, 4) is 0 Å².